The molecule has 1 unspecified atom stereocenters. The second-order valence-electron chi connectivity index (χ2n) is 4.89. The van der Waals surface area contributed by atoms with Crippen molar-refractivity contribution in [3.63, 3.8) is 0 Å². The second-order valence-corrected chi connectivity index (χ2v) is 4.89. The van der Waals surface area contributed by atoms with E-state index in [4.69, 9.17) is 5.73 Å². The van der Waals surface area contributed by atoms with Gasteiger partial charge in [0.2, 0.25) is 0 Å². The average molecular weight is 238 g/mol. The van der Waals surface area contributed by atoms with Crippen LogP contribution < -0.4 is 11.1 Å². The van der Waals surface area contributed by atoms with Crippen molar-refractivity contribution in [3.05, 3.63) is 35.6 Å². The molecule has 0 heterocycles. The normalized spacial score (nSPS) is 14.9. The SMILES string of the molecule is CC(C)C(CN)CN[C@H](C)c1ccccc1F. The third-order valence-corrected chi connectivity index (χ3v) is 3.30. The Hall–Kier alpha value is -0.930. The topological polar surface area (TPSA) is 38.0 Å². The molecule has 0 aromatic heterocycles. The summed E-state index contributed by atoms with van der Waals surface area (Å²) in [5.74, 6) is 0.825. The van der Waals surface area contributed by atoms with Crippen LogP contribution in [0.3, 0.4) is 0 Å². The van der Waals surface area contributed by atoms with E-state index in [1.54, 1.807) is 6.07 Å². The zero-order valence-corrected chi connectivity index (χ0v) is 10.9. The van der Waals surface area contributed by atoms with E-state index in [-0.39, 0.29) is 11.9 Å². The van der Waals surface area contributed by atoms with Gasteiger partial charge in [-0.25, -0.2) is 4.39 Å². The Bertz CT molecular complexity index is 339. The molecule has 0 amide bonds. The van der Waals surface area contributed by atoms with Crippen molar-refractivity contribution in [2.45, 2.75) is 26.8 Å². The summed E-state index contributed by atoms with van der Waals surface area (Å²) in [6.07, 6.45) is 0. The van der Waals surface area contributed by atoms with Gasteiger partial charge >= 0.3 is 0 Å². The summed E-state index contributed by atoms with van der Waals surface area (Å²) < 4.78 is 13.5. The Morgan fingerprint density at radius 3 is 2.41 bits per heavy atom. The molecule has 2 nitrogen and oxygen atoms in total. The van der Waals surface area contributed by atoms with Crippen LogP contribution in [0.1, 0.15) is 32.4 Å². The van der Waals surface area contributed by atoms with E-state index in [9.17, 15) is 4.39 Å². The summed E-state index contributed by atoms with van der Waals surface area (Å²) in [5.41, 5.74) is 6.43. The minimum atomic E-state index is -0.152. The monoisotopic (exact) mass is 238 g/mol. The molecule has 1 aromatic rings. The van der Waals surface area contributed by atoms with E-state index in [0.717, 1.165) is 6.54 Å². The van der Waals surface area contributed by atoms with Gasteiger partial charge in [-0.2, -0.15) is 0 Å². The molecule has 1 aromatic carbocycles. The first-order valence-corrected chi connectivity index (χ1v) is 6.24. The van der Waals surface area contributed by atoms with E-state index in [1.807, 2.05) is 19.1 Å². The molecular formula is C14H23FN2. The molecule has 2 atom stereocenters. The Morgan fingerprint density at radius 1 is 1.24 bits per heavy atom. The molecule has 0 radical (unpaired) electrons. The first-order chi connectivity index (χ1) is 8.06. The lowest BCUT2D eigenvalue weighted by molar-refractivity contribution is 0.354. The summed E-state index contributed by atoms with van der Waals surface area (Å²) in [4.78, 5) is 0. The third kappa shape index (κ3) is 4.10. The van der Waals surface area contributed by atoms with Crippen molar-refractivity contribution in [2.75, 3.05) is 13.1 Å². The Morgan fingerprint density at radius 2 is 1.88 bits per heavy atom. The third-order valence-electron chi connectivity index (χ3n) is 3.30. The van der Waals surface area contributed by atoms with Crippen LogP contribution in [0, 0.1) is 17.7 Å². The lowest BCUT2D eigenvalue weighted by Gasteiger charge is -2.22. The van der Waals surface area contributed by atoms with Crippen LogP contribution in [0.5, 0.6) is 0 Å². The zero-order chi connectivity index (χ0) is 12.8. The lowest BCUT2D eigenvalue weighted by atomic mass is 9.95. The zero-order valence-electron chi connectivity index (χ0n) is 10.9. The number of rotatable bonds is 6. The minimum Gasteiger partial charge on any atom is -0.330 e. The van der Waals surface area contributed by atoms with Gasteiger partial charge in [-0.15, -0.1) is 0 Å². The fourth-order valence-electron chi connectivity index (χ4n) is 1.86. The molecular weight excluding hydrogens is 215 g/mol. The van der Waals surface area contributed by atoms with Crippen LogP contribution in [0.2, 0.25) is 0 Å². The van der Waals surface area contributed by atoms with Gasteiger partial charge in [-0.3, -0.25) is 0 Å². The summed E-state index contributed by atoms with van der Waals surface area (Å²) in [6.45, 7) is 7.78. The summed E-state index contributed by atoms with van der Waals surface area (Å²) >= 11 is 0. The van der Waals surface area contributed by atoms with E-state index < -0.39 is 0 Å². The highest BCUT2D eigenvalue weighted by Crippen LogP contribution is 2.17. The number of hydrogen-bond donors (Lipinski definition) is 2. The molecule has 0 aliphatic carbocycles. The van der Waals surface area contributed by atoms with Crippen molar-refractivity contribution >= 4 is 0 Å². The van der Waals surface area contributed by atoms with Crippen molar-refractivity contribution < 1.29 is 4.39 Å². The van der Waals surface area contributed by atoms with Gasteiger partial charge in [-0.1, -0.05) is 32.0 Å². The average Bonchev–Trinajstić information content (AvgIpc) is 2.29. The van der Waals surface area contributed by atoms with Gasteiger partial charge in [0.25, 0.3) is 0 Å². The first-order valence-electron chi connectivity index (χ1n) is 6.24. The molecule has 0 bridgehead atoms. The molecule has 96 valence electrons. The van der Waals surface area contributed by atoms with Crippen LogP contribution in [-0.2, 0) is 0 Å². The summed E-state index contributed by atoms with van der Waals surface area (Å²) in [7, 11) is 0. The quantitative estimate of drug-likeness (QED) is 0.799. The Labute approximate surface area is 103 Å². The van der Waals surface area contributed by atoms with Gasteiger partial charge in [-0.05, 0) is 37.9 Å². The van der Waals surface area contributed by atoms with E-state index in [0.29, 0.717) is 23.9 Å². The van der Waals surface area contributed by atoms with Crippen molar-refractivity contribution in [3.8, 4) is 0 Å². The first kappa shape index (κ1) is 14.1. The molecule has 0 aliphatic heterocycles. The highest BCUT2D eigenvalue weighted by molar-refractivity contribution is 5.20. The maximum Gasteiger partial charge on any atom is 0.127 e. The van der Waals surface area contributed by atoms with Crippen LogP contribution >= 0.6 is 0 Å². The van der Waals surface area contributed by atoms with E-state index >= 15 is 0 Å². The number of benzene rings is 1. The molecule has 0 saturated carbocycles. The van der Waals surface area contributed by atoms with Gasteiger partial charge in [0.05, 0.1) is 0 Å². The Kier molecular flexibility index (Phi) is 5.59. The molecule has 17 heavy (non-hydrogen) atoms. The molecule has 3 heteroatoms. The molecule has 0 fully saturated rings. The maximum absolute atomic E-state index is 13.5. The molecule has 1 rings (SSSR count). The van der Waals surface area contributed by atoms with Crippen LogP contribution in [0.4, 0.5) is 4.39 Å². The van der Waals surface area contributed by atoms with Gasteiger partial charge in [0.15, 0.2) is 0 Å². The van der Waals surface area contributed by atoms with E-state index in [2.05, 4.69) is 19.2 Å². The number of halogens is 1. The van der Waals surface area contributed by atoms with Crippen LogP contribution in [0.15, 0.2) is 24.3 Å². The fraction of sp³-hybridized carbons (Fsp3) is 0.571. The van der Waals surface area contributed by atoms with Gasteiger partial charge in [0.1, 0.15) is 5.82 Å². The predicted molar refractivity (Wildman–Crippen MR) is 70.2 cm³/mol. The molecule has 3 N–H and O–H groups in total. The standard InChI is InChI=1S/C14H23FN2/c1-10(2)12(8-16)9-17-11(3)13-6-4-5-7-14(13)15/h4-7,10-12,17H,8-9,16H2,1-3H3/t11-,12?/m1/s1. The number of nitrogens with two attached hydrogens (primary N) is 1. The van der Waals surface area contributed by atoms with Gasteiger partial charge in [0, 0.05) is 11.6 Å². The molecule has 0 spiro atoms. The molecule has 0 saturated heterocycles. The number of nitrogens with one attached hydrogen (secondary N) is 1. The van der Waals surface area contributed by atoms with Crippen LogP contribution in [-0.4, -0.2) is 13.1 Å². The largest absolute Gasteiger partial charge is 0.330 e. The van der Waals surface area contributed by atoms with Crippen molar-refractivity contribution in [2.24, 2.45) is 17.6 Å². The summed E-state index contributed by atoms with van der Waals surface area (Å²) in [6, 6.07) is 6.90. The number of hydrogen-bond acceptors (Lipinski definition) is 2. The predicted octanol–water partition coefficient (Wildman–Crippen LogP) is 2.71. The van der Waals surface area contributed by atoms with Crippen LogP contribution in [0.25, 0.3) is 0 Å². The van der Waals surface area contributed by atoms with Crippen molar-refractivity contribution in [1.29, 1.82) is 0 Å². The smallest absolute Gasteiger partial charge is 0.127 e. The van der Waals surface area contributed by atoms with Gasteiger partial charge < -0.3 is 11.1 Å². The summed E-state index contributed by atoms with van der Waals surface area (Å²) in [5, 5.41) is 3.35. The van der Waals surface area contributed by atoms with Crippen molar-refractivity contribution in [1.82, 2.24) is 5.32 Å². The fourth-order valence-corrected chi connectivity index (χ4v) is 1.86. The van der Waals surface area contributed by atoms with E-state index in [1.165, 1.54) is 6.07 Å². The Balaban J connectivity index is 2.55. The molecule has 0 aliphatic rings. The lowest BCUT2D eigenvalue weighted by Crippen LogP contribution is -2.33. The minimum absolute atomic E-state index is 0.0176. The highest BCUT2D eigenvalue weighted by atomic mass is 19.1. The second kappa shape index (κ2) is 6.72. The maximum atomic E-state index is 13.5. The highest BCUT2D eigenvalue weighted by Gasteiger charge is 2.14.